The zero-order chi connectivity index (χ0) is 8.97. The Morgan fingerprint density at radius 3 is 2.75 bits per heavy atom. The van der Waals surface area contributed by atoms with Crippen LogP contribution in [-0.4, -0.2) is 15.9 Å². The second-order valence-electron chi connectivity index (χ2n) is 2.07. The van der Waals surface area contributed by atoms with Crippen LogP contribution in [0.2, 0.25) is 0 Å². The molecule has 0 radical (unpaired) electrons. The van der Waals surface area contributed by atoms with Crippen molar-refractivity contribution < 1.29 is 9.53 Å². The lowest BCUT2D eigenvalue weighted by Gasteiger charge is -1.98. The van der Waals surface area contributed by atoms with Gasteiger partial charge in [0.2, 0.25) is 5.88 Å². The van der Waals surface area contributed by atoms with Crippen molar-refractivity contribution in [2.75, 3.05) is 0 Å². The summed E-state index contributed by atoms with van der Waals surface area (Å²) in [7, 11) is 0. The van der Waals surface area contributed by atoms with E-state index in [1.807, 2.05) is 0 Å². The second kappa shape index (κ2) is 4.15. The maximum atomic E-state index is 10.5. The van der Waals surface area contributed by atoms with E-state index in [0.29, 0.717) is 5.33 Å². The molecule has 0 bridgehead atoms. The summed E-state index contributed by atoms with van der Waals surface area (Å²) < 4.78 is 4.69. The highest BCUT2D eigenvalue weighted by Crippen LogP contribution is 2.06. The smallest absolute Gasteiger partial charge is 0.309 e. The summed E-state index contributed by atoms with van der Waals surface area (Å²) in [6.45, 7) is 1.32. The van der Waals surface area contributed by atoms with Crippen LogP contribution < -0.4 is 4.74 Å². The minimum Gasteiger partial charge on any atom is -0.406 e. The van der Waals surface area contributed by atoms with Crippen molar-refractivity contribution in [2.24, 2.45) is 0 Å². The molecule has 0 amide bonds. The molecular formula is C7H7BrN2O2. The number of aromatic nitrogens is 2. The molecule has 12 heavy (non-hydrogen) atoms. The molecule has 0 saturated heterocycles. The van der Waals surface area contributed by atoms with Crippen LogP contribution in [0.4, 0.5) is 0 Å². The van der Waals surface area contributed by atoms with Crippen LogP contribution >= 0.6 is 15.9 Å². The molecule has 1 aromatic rings. The van der Waals surface area contributed by atoms with Gasteiger partial charge in [-0.15, -0.1) is 0 Å². The fourth-order valence-corrected chi connectivity index (χ4v) is 0.901. The quantitative estimate of drug-likeness (QED) is 0.568. The topological polar surface area (TPSA) is 52.1 Å². The molecule has 0 aliphatic heterocycles. The number of carbonyl (C=O) groups excluding carboxylic acids is 1. The van der Waals surface area contributed by atoms with Crippen LogP contribution in [0.1, 0.15) is 12.6 Å². The summed E-state index contributed by atoms with van der Waals surface area (Å²) in [6.07, 6.45) is 2.96. The second-order valence-corrected chi connectivity index (χ2v) is 2.63. The van der Waals surface area contributed by atoms with E-state index < -0.39 is 5.97 Å². The lowest BCUT2D eigenvalue weighted by Crippen LogP contribution is -2.03. The fraction of sp³-hybridized carbons (Fsp3) is 0.286. The molecule has 0 atom stereocenters. The molecule has 0 fully saturated rings. The molecule has 4 nitrogen and oxygen atoms in total. The number of halogens is 1. The Morgan fingerprint density at radius 2 is 2.33 bits per heavy atom. The Labute approximate surface area is 78.1 Å². The van der Waals surface area contributed by atoms with Gasteiger partial charge in [0.15, 0.2) is 0 Å². The molecule has 0 unspecified atom stereocenters. The molecule has 0 aliphatic carbocycles. The van der Waals surface area contributed by atoms with E-state index in [4.69, 9.17) is 0 Å². The van der Waals surface area contributed by atoms with Crippen LogP contribution in [0.15, 0.2) is 12.4 Å². The van der Waals surface area contributed by atoms with Gasteiger partial charge in [0.25, 0.3) is 0 Å². The summed E-state index contributed by atoms with van der Waals surface area (Å²) >= 11 is 3.22. The molecular weight excluding hydrogens is 224 g/mol. The lowest BCUT2D eigenvalue weighted by molar-refractivity contribution is -0.132. The van der Waals surface area contributed by atoms with Crippen LogP contribution in [-0.2, 0) is 10.1 Å². The third-order valence-electron chi connectivity index (χ3n) is 1.07. The maximum absolute atomic E-state index is 10.5. The minimum absolute atomic E-state index is 0.229. The average molecular weight is 231 g/mol. The van der Waals surface area contributed by atoms with E-state index >= 15 is 0 Å². The number of carbonyl (C=O) groups is 1. The van der Waals surface area contributed by atoms with Gasteiger partial charge in [0.05, 0.1) is 18.1 Å². The molecule has 0 N–H and O–H groups in total. The van der Waals surface area contributed by atoms with Gasteiger partial charge in [-0.1, -0.05) is 15.9 Å². The van der Waals surface area contributed by atoms with Crippen molar-refractivity contribution in [2.45, 2.75) is 12.3 Å². The van der Waals surface area contributed by atoms with E-state index in [1.165, 1.54) is 13.1 Å². The van der Waals surface area contributed by atoms with Crippen LogP contribution in [0.5, 0.6) is 5.88 Å². The summed E-state index contributed by atoms with van der Waals surface area (Å²) in [5, 5.41) is 0.639. The van der Waals surface area contributed by atoms with E-state index in [9.17, 15) is 4.79 Å². The standard InChI is InChI=1S/C7H7BrN2O2/c1-5(11)12-7-4-9-6(2-8)3-10-7/h3-4H,2H2,1H3. The Bertz CT molecular complexity index is 273. The van der Waals surface area contributed by atoms with E-state index in [2.05, 4.69) is 30.6 Å². The average Bonchev–Trinajstić information content (AvgIpc) is 2.05. The monoisotopic (exact) mass is 230 g/mol. The first-order valence-electron chi connectivity index (χ1n) is 3.27. The Morgan fingerprint density at radius 1 is 1.58 bits per heavy atom. The minimum atomic E-state index is -0.393. The lowest BCUT2D eigenvalue weighted by atomic mass is 10.5. The van der Waals surface area contributed by atoms with Crippen molar-refractivity contribution >= 4 is 21.9 Å². The van der Waals surface area contributed by atoms with Gasteiger partial charge in [-0.05, 0) is 0 Å². The Hall–Kier alpha value is -0.970. The number of nitrogens with zero attached hydrogens (tertiary/aromatic N) is 2. The van der Waals surface area contributed by atoms with Crippen molar-refractivity contribution in [3.8, 4) is 5.88 Å². The van der Waals surface area contributed by atoms with Crippen molar-refractivity contribution in [3.05, 3.63) is 18.1 Å². The number of hydrogen-bond donors (Lipinski definition) is 0. The SMILES string of the molecule is CC(=O)Oc1cnc(CBr)cn1. The van der Waals surface area contributed by atoms with Gasteiger partial charge in [-0.25, -0.2) is 4.98 Å². The molecule has 5 heteroatoms. The number of hydrogen-bond acceptors (Lipinski definition) is 4. The number of alkyl halides is 1. The molecule has 64 valence electrons. The summed E-state index contributed by atoms with van der Waals surface area (Å²) in [6, 6.07) is 0. The van der Waals surface area contributed by atoms with Crippen molar-refractivity contribution in [3.63, 3.8) is 0 Å². The predicted octanol–water partition coefficient (Wildman–Crippen LogP) is 1.30. The molecule has 0 spiro atoms. The van der Waals surface area contributed by atoms with Gasteiger partial charge < -0.3 is 4.74 Å². The molecule has 1 aromatic heterocycles. The fourth-order valence-electron chi connectivity index (χ4n) is 0.612. The summed E-state index contributed by atoms with van der Waals surface area (Å²) in [5.41, 5.74) is 0.797. The predicted molar refractivity (Wildman–Crippen MR) is 46.0 cm³/mol. The van der Waals surface area contributed by atoms with Crippen LogP contribution in [0, 0.1) is 0 Å². The van der Waals surface area contributed by atoms with E-state index in [1.54, 1.807) is 6.20 Å². The first kappa shape index (κ1) is 9.12. The van der Waals surface area contributed by atoms with Gasteiger partial charge in [0.1, 0.15) is 0 Å². The van der Waals surface area contributed by atoms with Crippen molar-refractivity contribution in [1.29, 1.82) is 0 Å². The van der Waals surface area contributed by atoms with E-state index in [0.717, 1.165) is 5.69 Å². The zero-order valence-corrected chi connectivity index (χ0v) is 8.04. The highest BCUT2D eigenvalue weighted by molar-refractivity contribution is 9.08. The summed E-state index contributed by atoms with van der Waals surface area (Å²) in [5.74, 6) is -0.164. The molecule has 0 aromatic carbocycles. The zero-order valence-electron chi connectivity index (χ0n) is 6.45. The molecule has 0 aliphatic rings. The van der Waals surface area contributed by atoms with Crippen LogP contribution in [0.3, 0.4) is 0 Å². The maximum Gasteiger partial charge on any atom is 0.309 e. The Kier molecular flexibility index (Phi) is 3.16. The number of esters is 1. The third-order valence-corrected chi connectivity index (χ3v) is 1.64. The first-order chi connectivity index (χ1) is 5.72. The largest absolute Gasteiger partial charge is 0.406 e. The summed E-state index contributed by atoms with van der Waals surface area (Å²) in [4.78, 5) is 18.3. The van der Waals surface area contributed by atoms with E-state index in [-0.39, 0.29) is 5.88 Å². The normalized spacial score (nSPS) is 9.50. The molecule has 1 heterocycles. The van der Waals surface area contributed by atoms with Crippen LogP contribution in [0.25, 0.3) is 0 Å². The highest BCUT2D eigenvalue weighted by atomic mass is 79.9. The number of ether oxygens (including phenoxy) is 1. The highest BCUT2D eigenvalue weighted by Gasteiger charge is 1.99. The van der Waals surface area contributed by atoms with Gasteiger partial charge in [-0.2, -0.15) is 0 Å². The van der Waals surface area contributed by atoms with Gasteiger partial charge >= 0.3 is 5.97 Å². The molecule has 0 saturated carbocycles. The molecule has 1 rings (SSSR count). The van der Waals surface area contributed by atoms with Gasteiger partial charge in [0, 0.05) is 12.3 Å². The van der Waals surface area contributed by atoms with Crippen molar-refractivity contribution in [1.82, 2.24) is 9.97 Å². The van der Waals surface area contributed by atoms with Gasteiger partial charge in [-0.3, -0.25) is 9.78 Å². The first-order valence-corrected chi connectivity index (χ1v) is 4.40. The number of rotatable bonds is 2. The Balaban J connectivity index is 2.71. The third kappa shape index (κ3) is 2.58.